The minimum Gasteiger partial charge on any atom is -0.480 e. The third-order valence-electron chi connectivity index (χ3n) is 1.86. The number of hydrogen-bond donors (Lipinski definition) is 1. The predicted octanol–water partition coefficient (Wildman–Crippen LogP) is 0.558. The van der Waals surface area contributed by atoms with Crippen molar-refractivity contribution < 1.29 is 18.3 Å². The largest absolute Gasteiger partial charge is 0.480 e. The highest BCUT2D eigenvalue weighted by Crippen LogP contribution is 2.11. The molecule has 0 aromatic heterocycles. The smallest absolute Gasteiger partial charge is 0.318 e. The SMILES string of the molecule is N#Cc1ccccc1CS(=O)(=O)CC(=O)O. The lowest BCUT2D eigenvalue weighted by molar-refractivity contribution is -0.134. The summed E-state index contributed by atoms with van der Waals surface area (Å²) in [5.74, 6) is -2.75. The summed E-state index contributed by atoms with van der Waals surface area (Å²) in [7, 11) is -3.72. The highest BCUT2D eigenvalue weighted by Gasteiger charge is 2.18. The third kappa shape index (κ3) is 3.37. The molecule has 1 N–H and O–H groups in total. The lowest BCUT2D eigenvalue weighted by atomic mass is 10.1. The summed E-state index contributed by atoms with van der Waals surface area (Å²) in [4.78, 5) is 10.3. The molecule has 0 heterocycles. The zero-order valence-electron chi connectivity index (χ0n) is 8.25. The minimum atomic E-state index is -3.72. The molecule has 0 saturated heterocycles. The second-order valence-corrected chi connectivity index (χ2v) is 5.26. The van der Waals surface area contributed by atoms with E-state index in [0.717, 1.165) is 0 Å². The van der Waals surface area contributed by atoms with Crippen molar-refractivity contribution in [2.45, 2.75) is 5.75 Å². The molecule has 0 atom stereocenters. The molecule has 1 aromatic carbocycles. The van der Waals surface area contributed by atoms with Gasteiger partial charge in [-0.25, -0.2) is 8.42 Å². The van der Waals surface area contributed by atoms with E-state index in [2.05, 4.69) is 0 Å². The number of nitrogens with zero attached hydrogens (tertiary/aromatic N) is 1. The summed E-state index contributed by atoms with van der Waals surface area (Å²) in [5.41, 5.74) is 0.572. The molecule has 0 unspecified atom stereocenters. The number of carbonyl (C=O) groups is 1. The van der Waals surface area contributed by atoms with Crippen molar-refractivity contribution in [3.05, 3.63) is 35.4 Å². The van der Waals surface area contributed by atoms with Crippen LogP contribution in [0.4, 0.5) is 0 Å². The summed E-state index contributed by atoms with van der Waals surface area (Å²) in [6.07, 6.45) is 0. The average molecular weight is 239 g/mol. The Kier molecular flexibility index (Phi) is 3.64. The van der Waals surface area contributed by atoms with Crippen LogP contribution < -0.4 is 0 Å². The van der Waals surface area contributed by atoms with Gasteiger partial charge in [0, 0.05) is 0 Å². The van der Waals surface area contributed by atoms with E-state index in [0.29, 0.717) is 5.56 Å². The summed E-state index contributed by atoms with van der Waals surface area (Å²) in [6.45, 7) is 0. The van der Waals surface area contributed by atoms with E-state index in [1.807, 2.05) is 6.07 Å². The van der Waals surface area contributed by atoms with Gasteiger partial charge in [0.25, 0.3) is 0 Å². The van der Waals surface area contributed by atoms with E-state index in [4.69, 9.17) is 10.4 Å². The van der Waals surface area contributed by atoms with Crippen LogP contribution >= 0.6 is 0 Å². The van der Waals surface area contributed by atoms with E-state index in [-0.39, 0.29) is 5.56 Å². The molecule has 0 aliphatic heterocycles. The maximum atomic E-state index is 11.4. The Morgan fingerprint density at radius 1 is 1.38 bits per heavy atom. The van der Waals surface area contributed by atoms with E-state index < -0.39 is 27.3 Å². The number of benzene rings is 1. The fourth-order valence-corrected chi connectivity index (χ4v) is 2.44. The molecule has 0 spiro atoms. The molecule has 0 bridgehead atoms. The van der Waals surface area contributed by atoms with Crippen molar-refractivity contribution in [1.82, 2.24) is 0 Å². The Morgan fingerprint density at radius 2 is 2.00 bits per heavy atom. The van der Waals surface area contributed by atoms with Crippen LogP contribution in [0.5, 0.6) is 0 Å². The quantitative estimate of drug-likeness (QED) is 0.828. The first-order valence-electron chi connectivity index (χ1n) is 4.35. The zero-order valence-corrected chi connectivity index (χ0v) is 9.07. The Balaban J connectivity index is 2.98. The van der Waals surface area contributed by atoms with Gasteiger partial charge in [-0.15, -0.1) is 0 Å². The second kappa shape index (κ2) is 4.77. The van der Waals surface area contributed by atoms with E-state index in [9.17, 15) is 13.2 Å². The lowest BCUT2D eigenvalue weighted by Crippen LogP contribution is -2.17. The molecule has 1 rings (SSSR count). The van der Waals surface area contributed by atoms with Gasteiger partial charge in [-0.3, -0.25) is 4.79 Å². The Morgan fingerprint density at radius 3 is 2.56 bits per heavy atom. The van der Waals surface area contributed by atoms with Crippen LogP contribution in [0.25, 0.3) is 0 Å². The van der Waals surface area contributed by atoms with Crippen LogP contribution in [-0.2, 0) is 20.4 Å². The monoisotopic (exact) mass is 239 g/mol. The molecule has 0 saturated carbocycles. The molecule has 0 radical (unpaired) electrons. The molecule has 0 aliphatic rings. The highest BCUT2D eigenvalue weighted by atomic mass is 32.2. The second-order valence-electron chi connectivity index (χ2n) is 3.19. The molecule has 5 nitrogen and oxygen atoms in total. The standard InChI is InChI=1S/C10H9NO4S/c11-5-8-3-1-2-4-9(8)6-16(14,15)7-10(12)13/h1-4H,6-7H2,(H,12,13). The van der Waals surface area contributed by atoms with Crippen molar-refractivity contribution in [2.24, 2.45) is 0 Å². The van der Waals surface area contributed by atoms with Gasteiger partial charge >= 0.3 is 5.97 Å². The Hall–Kier alpha value is -1.87. The van der Waals surface area contributed by atoms with Crippen LogP contribution in [0.15, 0.2) is 24.3 Å². The molecule has 0 aliphatic carbocycles. The van der Waals surface area contributed by atoms with E-state index >= 15 is 0 Å². The van der Waals surface area contributed by atoms with Gasteiger partial charge in [0.1, 0.15) is 5.75 Å². The maximum Gasteiger partial charge on any atom is 0.318 e. The molecule has 1 aromatic rings. The summed E-state index contributed by atoms with van der Waals surface area (Å²) in [5, 5.41) is 17.1. The number of aliphatic carboxylic acids is 1. The first-order chi connectivity index (χ1) is 7.44. The average Bonchev–Trinajstić information content (AvgIpc) is 2.15. The molecular formula is C10H9NO4S. The van der Waals surface area contributed by atoms with Gasteiger partial charge < -0.3 is 5.11 Å². The van der Waals surface area contributed by atoms with Gasteiger partial charge in [-0.05, 0) is 11.6 Å². The highest BCUT2D eigenvalue weighted by molar-refractivity contribution is 7.91. The van der Waals surface area contributed by atoms with Gasteiger partial charge in [-0.2, -0.15) is 5.26 Å². The normalized spacial score (nSPS) is 10.7. The maximum absolute atomic E-state index is 11.4. The van der Waals surface area contributed by atoms with Crippen molar-refractivity contribution in [1.29, 1.82) is 5.26 Å². The van der Waals surface area contributed by atoms with Crippen molar-refractivity contribution >= 4 is 15.8 Å². The molecule has 6 heteroatoms. The zero-order chi connectivity index (χ0) is 12.2. The molecular weight excluding hydrogens is 230 g/mol. The summed E-state index contributed by atoms with van der Waals surface area (Å²) >= 11 is 0. The molecule has 16 heavy (non-hydrogen) atoms. The number of sulfone groups is 1. The van der Waals surface area contributed by atoms with Gasteiger partial charge in [0.15, 0.2) is 9.84 Å². The van der Waals surface area contributed by atoms with E-state index in [1.54, 1.807) is 12.1 Å². The number of carboxylic acids is 1. The molecule has 0 fully saturated rings. The number of hydrogen-bond acceptors (Lipinski definition) is 4. The van der Waals surface area contributed by atoms with Crippen LogP contribution in [-0.4, -0.2) is 25.2 Å². The summed E-state index contributed by atoms with van der Waals surface area (Å²) < 4.78 is 22.8. The molecule has 84 valence electrons. The van der Waals surface area contributed by atoms with Crippen LogP contribution in [0.1, 0.15) is 11.1 Å². The van der Waals surface area contributed by atoms with E-state index in [1.165, 1.54) is 12.1 Å². The molecule has 0 amide bonds. The fourth-order valence-electron chi connectivity index (χ4n) is 1.23. The van der Waals surface area contributed by atoms with Crippen molar-refractivity contribution in [2.75, 3.05) is 5.75 Å². The first kappa shape index (κ1) is 12.2. The van der Waals surface area contributed by atoms with Crippen LogP contribution in [0, 0.1) is 11.3 Å². The van der Waals surface area contributed by atoms with Crippen LogP contribution in [0.2, 0.25) is 0 Å². The third-order valence-corrected chi connectivity index (χ3v) is 3.29. The Labute approximate surface area is 92.9 Å². The predicted molar refractivity (Wildman–Crippen MR) is 56.3 cm³/mol. The van der Waals surface area contributed by atoms with Gasteiger partial charge in [0.2, 0.25) is 0 Å². The topological polar surface area (TPSA) is 95.2 Å². The fraction of sp³-hybridized carbons (Fsp3) is 0.200. The lowest BCUT2D eigenvalue weighted by Gasteiger charge is -2.03. The number of rotatable bonds is 4. The summed E-state index contributed by atoms with van der Waals surface area (Å²) in [6, 6.07) is 8.07. The number of nitriles is 1. The van der Waals surface area contributed by atoms with Gasteiger partial charge in [-0.1, -0.05) is 18.2 Å². The van der Waals surface area contributed by atoms with Crippen molar-refractivity contribution in [3.8, 4) is 6.07 Å². The first-order valence-corrected chi connectivity index (χ1v) is 6.17. The minimum absolute atomic E-state index is 0.247. The Bertz CT molecular complexity index is 542. The number of carboxylic acid groups (broad SMARTS) is 1. The van der Waals surface area contributed by atoms with Crippen molar-refractivity contribution in [3.63, 3.8) is 0 Å². The van der Waals surface area contributed by atoms with Crippen LogP contribution in [0.3, 0.4) is 0 Å². The van der Waals surface area contributed by atoms with Gasteiger partial charge in [0.05, 0.1) is 17.4 Å².